The monoisotopic (exact) mass is 490 g/mol. The second kappa shape index (κ2) is 13.5. The zero-order valence-electron chi connectivity index (χ0n) is 20.3. The van der Waals surface area contributed by atoms with Crippen LogP contribution in [-0.4, -0.2) is 44.3 Å². The van der Waals surface area contributed by atoms with E-state index in [0.29, 0.717) is 5.75 Å². The SMILES string of the molecule is COC(=O)[C@@H](Cc1cccc(OC)c1)NC(=O)[C@@H](Cc1ccccc1)NC(=O)OCc1ccccc1. The molecule has 3 aromatic carbocycles. The summed E-state index contributed by atoms with van der Waals surface area (Å²) in [5.74, 6) is -0.502. The molecule has 2 amide bonds. The minimum Gasteiger partial charge on any atom is -0.497 e. The number of methoxy groups -OCH3 is 2. The highest BCUT2D eigenvalue weighted by Gasteiger charge is 2.28. The number of hydrogen-bond acceptors (Lipinski definition) is 6. The van der Waals surface area contributed by atoms with Crippen LogP contribution in [0.5, 0.6) is 5.75 Å². The molecular weight excluding hydrogens is 460 g/mol. The van der Waals surface area contributed by atoms with Gasteiger partial charge in [-0.15, -0.1) is 0 Å². The summed E-state index contributed by atoms with van der Waals surface area (Å²) in [6, 6.07) is 23.7. The minimum atomic E-state index is -0.979. The molecule has 0 aromatic heterocycles. The van der Waals surface area contributed by atoms with E-state index < -0.39 is 30.1 Å². The fraction of sp³-hybridized carbons (Fsp3) is 0.250. The Morgan fingerprint density at radius 3 is 1.97 bits per heavy atom. The summed E-state index contributed by atoms with van der Waals surface area (Å²) in [7, 11) is 2.81. The van der Waals surface area contributed by atoms with Gasteiger partial charge in [0.25, 0.3) is 0 Å². The molecule has 3 rings (SSSR count). The van der Waals surface area contributed by atoms with Gasteiger partial charge in [0.15, 0.2) is 0 Å². The summed E-state index contributed by atoms with van der Waals surface area (Å²) >= 11 is 0. The Hall–Kier alpha value is -4.33. The number of carbonyl (C=O) groups is 3. The van der Waals surface area contributed by atoms with Crippen LogP contribution < -0.4 is 15.4 Å². The van der Waals surface area contributed by atoms with E-state index in [1.165, 1.54) is 7.11 Å². The van der Waals surface area contributed by atoms with Crippen molar-refractivity contribution < 1.29 is 28.6 Å². The molecule has 0 spiro atoms. The zero-order chi connectivity index (χ0) is 25.8. The fourth-order valence-electron chi connectivity index (χ4n) is 3.61. The van der Waals surface area contributed by atoms with Crippen molar-refractivity contribution in [3.05, 3.63) is 102 Å². The van der Waals surface area contributed by atoms with Crippen LogP contribution in [0.1, 0.15) is 16.7 Å². The van der Waals surface area contributed by atoms with Crippen molar-refractivity contribution in [3.63, 3.8) is 0 Å². The molecule has 0 unspecified atom stereocenters. The van der Waals surface area contributed by atoms with Crippen LogP contribution in [0.25, 0.3) is 0 Å². The molecule has 0 heterocycles. The van der Waals surface area contributed by atoms with Crippen LogP contribution >= 0.6 is 0 Å². The molecule has 0 saturated carbocycles. The van der Waals surface area contributed by atoms with Crippen molar-refractivity contribution in [1.82, 2.24) is 10.6 Å². The highest BCUT2D eigenvalue weighted by atomic mass is 16.5. The van der Waals surface area contributed by atoms with E-state index in [4.69, 9.17) is 14.2 Å². The number of ether oxygens (including phenoxy) is 3. The number of hydrogen-bond donors (Lipinski definition) is 2. The Bertz CT molecular complexity index is 1140. The molecule has 3 aromatic rings. The molecular formula is C28H30N2O6. The van der Waals surface area contributed by atoms with Crippen molar-refractivity contribution >= 4 is 18.0 Å². The van der Waals surface area contributed by atoms with E-state index in [9.17, 15) is 14.4 Å². The number of nitrogens with one attached hydrogen (secondary N) is 2. The lowest BCUT2D eigenvalue weighted by molar-refractivity contribution is -0.145. The second-order valence-electron chi connectivity index (χ2n) is 8.09. The predicted molar refractivity (Wildman–Crippen MR) is 134 cm³/mol. The summed E-state index contributed by atoms with van der Waals surface area (Å²) in [5, 5.41) is 5.36. The summed E-state index contributed by atoms with van der Waals surface area (Å²) < 4.78 is 15.5. The molecule has 36 heavy (non-hydrogen) atoms. The molecule has 0 bridgehead atoms. The Morgan fingerprint density at radius 2 is 1.33 bits per heavy atom. The van der Waals surface area contributed by atoms with Crippen LogP contribution in [0.4, 0.5) is 4.79 Å². The van der Waals surface area contributed by atoms with Gasteiger partial charge >= 0.3 is 12.1 Å². The van der Waals surface area contributed by atoms with Gasteiger partial charge < -0.3 is 24.8 Å². The third kappa shape index (κ3) is 8.16. The van der Waals surface area contributed by atoms with E-state index in [1.807, 2.05) is 66.7 Å². The van der Waals surface area contributed by atoms with Gasteiger partial charge in [-0.05, 0) is 28.8 Å². The average Bonchev–Trinajstić information content (AvgIpc) is 2.92. The highest BCUT2D eigenvalue weighted by molar-refractivity contribution is 5.90. The van der Waals surface area contributed by atoms with Gasteiger partial charge in [-0.25, -0.2) is 9.59 Å². The smallest absolute Gasteiger partial charge is 0.408 e. The van der Waals surface area contributed by atoms with Gasteiger partial charge in [0, 0.05) is 12.8 Å². The number of esters is 1. The number of rotatable bonds is 11. The number of alkyl carbamates (subject to hydrolysis) is 1. The van der Waals surface area contributed by atoms with Crippen LogP contribution in [0, 0.1) is 0 Å². The summed E-state index contributed by atoms with van der Waals surface area (Å²) in [5.41, 5.74) is 2.43. The topological polar surface area (TPSA) is 103 Å². The summed E-state index contributed by atoms with van der Waals surface area (Å²) in [6.07, 6.45) is -0.343. The Labute approximate surface area is 210 Å². The van der Waals surface area contributed by atoms with Crippen LogP contribution in [0.2, 0.25) is 0 Å². The third-order valence-corrected chi connectivity index (χ3v) is 5.48. The maximum absolute atomic E-state index is 13.3. The molecule has 0 aliphatic rings. The van der Waals surface area contributed by atoms with Gasteiger partial charge in [-0.3, -0.25) is 4.79 Å². The largest absolute Gasteiger partial charge is 0.497 e. The van der Waals surface area contributed by atoms with Crippen LogP contribution in [0.15, 0.2) is 84.9 Å². The minimum absolute atomic E-state index is 0.0625. The standard InChI is InChI=1S/C28H30N2O6/c1-34-23-15-9-14-22(16-23)18-25(27(32)35-2)29-26(31)24(17-20-10-5-3-6-11-20)30-28(33)36-19-21-12-7-4-8-13-21/h3-16,24-25H,17-19H2,1-2H3,(H,29,31)(H,30,33)/t24-,25-/m1/s1. The predicted octanol–water partition coefficient (Wildman–Crippen LogP) is 3.43. The van der Waals surface area contributed by atoms with Crippen LogP contribution in [-0.2, 0) is 38.5 Å². The van der Waals surface area contributed by atoms with Crippen molar-refractivity contribution in [2.75, 3.05) is 14.2 Å². The van der Waals surface area contributed by atoms with Crippen molar-refractivity contribution in [3.8, 4) is 5.75 Å². The fourth-order valence-corrected chi connectivity index (χ4v) is 3.61. The van der Waals surface area contributed by atoms with Crippen molar-refractivity contribution in [1.29, 1.82) is 0 Å². The second-order valence-corrected chi connectivity index (χ2v) is 8.09. The highest BCUT2D eigenvalue weighted by Crippen LogP contribution is 2.15. The number of carbonyl (C=O) groups excluding carboxylic acids is 3. The molecule has 0 aliphatic heterocycles. The summed E-state index contributed by atoms with van der Waals surface area (Å²) in [6.45, 7) is 0.0625. The lowest BCUT2D eigenvalue weighted by Gasteiger charge is -2.22. The Balaban J connectivity index is 1.72. The Kier molecular flexibility index (Phi) is 9.88. The molecule has 8 heteroatoms. The third-order valence-electron chi connectivity index (χ3n) is 5.48. The van der Waals surface area contributed by atoms with Gasteiger partial charge in [-0.2, -0.15) is 0 Å². The maximum Gasteiger partial charge on any atom is 0.408 e. The normalized spacial score (nSPS) is 12.1. The lowest BCUT2D eigenvalue weighted by Crippen LogP contribution is -2.53. The Morgan fingerprint density at radius 1 is 0.722 bits per heavy atom. The number of amides is 2. The first-order valence-corrected chi connectivity index (χ1v) is 11.5. The van der Waals surface area contributed by atoms with Gasteiger partial charge in [0.2, 0.25) is 5.91 Å². The zero-order valence-corrected chi connectivity index (χ0v) is 20.3. The molecule has 8 nitrogen and oxygen atoms in total. The molecule has 0 fully saturated rings. The molecule has 2 atom stereocenters. The molecule has 0 aliphatic carbocycles. The van der Waals surface area contributed by atoms with E-state index in [0.717, 1.165) is 16.7 Å². The lowest BCUT2D eigenvalue weighted by atomic mass is 10.0. The van der Waals surface area contributed by atoms with Crippen LogP contribution in [0.3, 0.4) is 0 Å². The molecule has 188 valence electrons. The van der Waals surface area contributed by atoms with Gasteiger partial charge in [0.1, 0.15) is 24.4 Å². The van der Waals surface area contributed by atoms with Gasteiger partial charge in [0.05, 0.1) is 14.2 Å². The molecule has 0 radical (unpaired) electrons. The molecule has 0 saturated heterocycles. The van der Waals surface area contributed by atoms with Crippen molar-refractivity contribution in [2.24, 2.45) is 0 Å². The van der Waals surface area contributed by atoms with E-state index >= 15 is 0 Å². The quantitative estimate of drug-likeness (QED) is 0.399. The first-order chi connectivity index (χ1) is 17.5. The number of benzene rings is 3. The first-order valence-electron chi connectivity index (χ1n) is 11.5. The molecule has 2 N–H and O–H groups in total. The first kappa shape index (κ1) is 26.3. The van der Waals surface area contributed by atoms with Gasteiger partial charge in [-0.1, -0.05) is 72.8 Å². The van der Waals surface area contributed by atoms with E-state index in [-0.39, 0.29) is 19.4 Å². The maximum atomic E-state index is 13.3. The summed E-state index contributed by atoms with van der Waals surface area (Å²) in [4.78, 5) is 38.3. The van der Waals surface area contributed by atoms with Crippen molar-refractivity contribution in [2.45, 2.75) is 31.5 Å². The van der Waals surface area contributed by atoms with E-state index in [1.54, 1.807) is 25.3 Å². The average molecular weight is 491 g/mol. The van der Waals surface area contributed by atoms with E-state index in [2.05, 4.69) is 10.6 Å².